The Morgan fingerprint density at radius 1 is 0.926 bits per heavy atom. The Labute approximate surface area is 159 Å². The third-order valence-corrected chi connectivity index (χ3v) is 6.19. The molecule has 138 valence electrons. The van der Waals surface area contributed by atoms with E-state index in [2.05, 4.69) is 22.8 Å². The second-order valence-corrected chi connectivity index (χ2v) is 7.97. The molecule has 2 aromatic carbocycles. The van der Waals surface area contributed by atoms with Crippen LogP contribution in [0, 0.1) is 17.8 Å². The Balaban J connectivity index is 1.51. The van der Waals surface area contributed by atoms with Crippen molar-refractivity contribution in [3.05, 3.63) is 66.2 Å². The third kappa shape index (κ3) is 3.12. The minimum atomic E-state index is -0.909. The molecule has 27 heavy (non-hydrogen) atoms. The summed E-state index contributed by atoms with van der Waals surface area (Å²) in [6.45, 7) is 0. The molecule has 5 nitrogen and oxygen atoms in total. The van der Waals surface area contributed by atoms with Crippen molar-refractivity contribution in [2.24, 2.45) is 33.5 Å². The van der Waals surface area contributed by atoms with Crippen LogP contribution in [0.1, 0.15) is 31.2 Å². The van der Waals surface area contributed by atoms with E-state index in [0.29, 0.717) is 17.8 Å². The van der Waals surface area contributed by atoms with Crippen molar-refractivity contribution in [1.29, 1.82) is 0 Å². The van der Waals surface area contributed by atoms with Gasteiger partial charge in [0.2, 0.25) is 11.7 Å². The number of benzene rings is 2. The van der Waals surface area contributed by atoms with Gasteiger partial charge in [0.1, 0.15) is 5.84 Å². The number of fused-ring (bicyclic) bond motifs is 2. The van der Waals surface area contributed by atoms with E-state index in [4.69, 9.17) is 15.7 Å². The fraction of sp³-hybridized carbons (Fsp3) is 0.364. The summed E-state index contributed by atoms with van der Waals surface area (Å²) in [7, 11) is 0. The average molecular weight is 359 g/mol. The number of para-hydroxylation sites is 1. The van der Waals surface area contributed by atoms with Crippen molar-refractivity contribution >= 4 is 17.5 Å². The molecule has 0 radical (unpaired) electrons. The second kappa shape index (κ2) is 6.50. The highest BCUT2D eigenvalue weighted by Crippen LogP contribution is 2.52. The molecule has 1 heterocycles. The molecule has 5 heteroatoms. The smallest absolute Gasteiger partial charge is 0.211 e. The zero-order chi connectivity index (χ0) is 18.3. The van der Waals surface area contributed by atoms with Gasteiger partial charge in [-0.15, -0.1) is 0 Å². The summed E-state index contributed by atoms with van der Waals surface area (Å²) in [6, 6.07) is 20.2. The normalized spacial score (nSPS) is 31.8. The molecule has 1 unspecified atom stereocenters. The minimum Gasteiger partial charge on any atom is -0.326 e. The number of rotatable bonds is 3. The van der Waals surface area contributed by atoms with Gasteiger partial charge in [0, 0.05) is 17.2 Å². The highest BCUT2D eigenvalue weighted by Gasteiger charge is 2.50. The van der Waals surface area contributed by atoms with Crippen LogP contribution in [0.3, 0.4) is 0 Å². The molecule has 0 amide bonds. The van der Waals surface area contributed by atoms with Crippen LogP contribution in [0.2, 0.25) is 0 Å². The van der Waals surface area contributed by atoms with E-state index in [1.807, 2.05) is 48.5 Å². The van der Waals surface area contributed by atoms with E-state index in [0.717, 1.165) is 29.4 Å². The molecular formula is C22H25N5. The molecule has 0 spiro atoms. The third-order valence-electron chi connectivity index (χ3n) is 6.19. The molecule has 1 aliphatic heterocycles. The summed E-state index contributed by atoms with van der Waals surface area (Å²) < 4.78 is 0. The van der Waals surface area contributed by atoms with Gasteiger partial charge in [0.05, 0.1) is 0 Å². The quantitative estimate of drug-likeness (QED) is 0.784. The highest BCUT2D eigenvalue weighted by molar-refractivity contribution is 6.13. The van der Waals surface area contributed by atoms with Gasteiger partial charge in [-0.1, -0.05) is 55.0 Å². The number of hydrogen-bond acceptors (Lipinski definition) is 5. The molecule has 5 rings (SSSR count). The Morgan fingerprint density at radius 3 is 2.33 bits per heavy atom. The number of nitrogens with zero attached hydrogens (tertiary/aromatic N) is 2. The van der Waals surface area contributed by atoms with Crippen molar-refractivity contribution in [2.45, 2.75) is 31.5 Å². The van der Waals surface area contributed by atoms with E-state index in [-0.39, 0.29) is 0 Å². The first-order valence-electron chi connectivity index (χ1n) is 9.83. The van der Waals surface area contributed by atoms with Crippen molar-refractivity contribution in [2.75, 3.05) is 5.32 Å². The number of anilines is 1. The Morgan fingerprint density at radius 2 is 1.67 bits per heavy atom. The van der Waals surface area contributed by atoms with Crippen molar-refractivity contribution in [1.82, 2.24) is 5.32 Å². The second-order valence-electron chi connectivity index (χ2n) is 7.97. The Bertz CT molecular complexity index is 876. The first-order valence-corrected chi connectivity index (χ1v) is 9.83. The van der Waals surface area contributed by atoms with Crippen LogP contribution in [0.25, 0.3) is 0 Å². The molecule has 4 atom stereocenters. The van der Waals surface area contributed by atoms with Crippen LogP contribution >= 0.6 is 0 Å². The summed E-state index contributed by atoms with van der Waals surface area (Å²) in [4.78, 5) is 9.80. The summed E-state index contributed by atoms with van der Waals surface area (Å²) in [6.07, 6.45) is 5.01. The van der Waals surface area contributed by atoms with E-state index >= 15 is 0 Å². The lowest BCUT2D eigenvalue weighted by Gasteiger charge is -2.37. The van der Waals surface area contributed by atoms with Crippen molar-refractivity contribution < 1.29 is 0 Å². The van der Waals surface area contributed by atoms with Gasteiger partial charge in [-0.2, -0.15) is 0 Å². The molecule has 2 saturated carbocycles. The minimum absolute atomic E-state index is 0.310. The Hall–Kier alpha value is -2.66. The molecule has 0 saturated heterocycles. The first-order chi connectivity index (χ1) is 13.2. The Kier molecular flexibility index (Phi) is 3.97. The predicted octanol–water partition coefficient (Wildman–Crippen LogP) is 3.55. The SMILES string of the molecule is NC1([C@@H]2C[C@@H]3CC[C@H]2C3)N=C(Nc2ccccc2)NC(c2ccccc2)=N1. The summed E-state index contributed by atoms with van der Waals surface area (Å²) >= 11 is 0. The van der Waals surface area contributed by atoms with E-state index in [1.165, 1.54) is 19.3 Å². The summed E-state index contributed by atoms with van der Waals surface area (Å²) in [5.74, 6) is 2.29. The maximum absolute atomic E-state index is 6.87. The van der Waals surface area contributed by atoms with Crippen LogP contribution in [-0.4, -0.2) is 17.6 Å². The standard InChI is InChI=1S/C22H25N5/c23-22(19-14-15-11-12-17(19)13-15)26-20(16-7-3-1-4-8-16)25-21(27-22)24-18-9-5-2-6-10-18/h1-10,15,17,19H,11-14,23H2,(H2,24,25,26,27)/t15-,17+,19-,22?/m1/s1. The molecule has 4 N–H and O–H groups in total. The van der Waals surface area contributed by atoms with Gasteiger partial charge in [-0.05, 0) is 43.2 Å². The molecular weight excluding hydrogens is 334 g/mol. The van der Waals surface area contributed by atoms with Crippen molar-refractivity contribution in [3.8, 4) is 0 Å². The number of nitrogens with two attached hydrogens (primary N) is 1. The molecule has 3 aliphatic rings. The average Bonchev–Trinajstić information content (AvgIpc) is 3.33. The van der Waals surface area contributed by atoms with Gasteiger partial charge in [0.15, 0.2) is 0 Å². The van der Waals surface area contributed by atoms with Gasteiger partial charge in [-0.3, -0.25) is 5.73 Å². The van der Waals surface area contributed by atoms with Crippen LogP contribution in [0.5, 0.6) is 0 Å². The van der Waals surface area contributed by atoms with Gasteiger partial charge >= 0.3 is 0 Å². The van der Waals surface area contributed by atoms with E-state index in [9.17, 15) is 0 Å². The predicted molar refractivity (Wildman–Crippen MR) is 109 cm³/mol. The molecule has 0 aromatic heterocycles. The number of guanidine groups is 1. The molecule has 2 fully saturated rings. The van der Waals surface area contributed by atoms with Crippen LogP contribution < -0.4 is 16.4 Å². The number of amidine groups is 1. The molecule has 2 aliphatic carbocycles. The van der Waals surface area contributed by atoms with E-state index < -0.39 is 5.79 Å². The number of nitrogens with one attached hydrogen (secondary N) is 2. The van der Waals surface area contributed by atoms with Gasteiger partial charge in [-0.25, -0.2) is 9.98 Å². The maximum atomic E-state index is 6.87. The molecule has 2 bridgehead atoms. The largest absolute Gasteiger partial charge is 0.326 e. The van der Waals surface area contributed by atoms with Gasteiger partial charge < -0.3 is 10.6 Å². The number of hydrogen-bond donors (Lipinski definition) is 3. The topological polar surface area (TPSA) is 74.8 Å². The monoisotopic (exact) mass is 359 g/mol. The fourth-order valence-corrected chi connectivity index (χ4v) is 4.93. The zero-order valence-corrected chi connectivity index (χ0v) is 15.3. The lowest BCUT2D eigenvalue weighted by molar-refractivity contribution is 0.199. The lowest BCUT2D eigenvalue weighted by Crippen LogP contribution is -2.54. The summed E-state index contributed by atoms with van der Waals surface area (Å²) in [5.41, 5.74) is 8.87. The highest BCUT2D eigenvalue weighted by atomic mass is 15.4. The van der Waals surface area contributed by atoms with E-state index in [1.54, 1.807) is 0 Å². The first kappa shape index (κ1) is 16.5. The van der Waals surface area contributed by atoms with Crippen LogP contribution in [0.15, 0.2) is 70.6 Å². The lowest BCUT2D eigenvalue weighted by atomic mass is 9.83. The number of aliphatic imine (C=N–C) groups is 2. The van der Waals surface area contributed by atoms with Crippen molar-refractivity contribution in [3.63, 3.8) is 0 Å². The summed E-state index contributed by atoms with van der Waals surface area (Å²) in [5, 5.41) is 6.73. The maximum Gasteiger partial charge on any atom is 0.211 e. The zero-order valence-electron chi connectivity index (χ0n) is 15.3. The van der Waals surface area contributed by atoms with Crippen LogP contribution in [-0.2, 0) is 0 Å². The molecule has 2 aromatic rings. The van der Waals surface area contributed by atoms with Gasteiger partial charge in [0.25, 0.3) is 0 Å². The van der Waals surface area contributed by atoms with Crippen LogP contribution in [0.4, 0.5) is 5.69 Å². The fourth-order valence-electron chi connectivity index (χ4n) is 4.93.